The lowest BCUT2D eigenvalue weighted by Gasteiger charge is -1.93. The summed E-state index contributed by atoms with van der Waals surface area (Å²) in [6, 6.07) is 4.43. The quantitative estimate of drug-likeness (QED) is 0.761. The number of carboxylic acid groups (broad SMARTS) is 1. The van der Waals surface area contributed by atoms with Crippen LogP contribution in [0.25, 0.3) is 10.9 Å². The molecule has 0 atom stereocenters. The summed E-state index contributed by atoms with van der Waals surface area (Å²) in [6.45, 7) is 0. The van der Waals surface area contributed by atoms with Gasteiger partial charge in [0.25, 0.3) is 0 Å². The molecule has 1 aromatic carbocycles. The van der Waals surface area contributed by atoms with Crippen molar-refractivity contribution < 1.29 is 18.8 Å². The molecule has 0 unspecified atom stereocenters. The second kappa shape index (κ2) is 2.80. The molecule has 0 fully saturated rings. The summed E-state index contributed by atoms with van der Waals surface area (Å²) in [5.41, 5.74) is -0.464. The van der Waals surface area contributed by atoms with Gasteiger partial charge in [0.2, 0.25) is 0 Å². The average molecular weight is 197 g/mol. The average Bonchev–Trinajstić information content (AvgIpc) is 2.43. The van der Waals surface area contributed by atoms with E-state index in [4.69, 9.17) is 5.11 Å². The summed E-state index contributed by atoms with van der Waals surface area (Å²) in [7, 11) is 0. The molecule has 0 aliphatic heterocycles. The van der Waals surface area contributed by atoms with Gasteiger partial charge in [-0.05, 0) is 24.3 Å². The van der Waals surface area contributed by atoms with E-state index in [9.17, 15) is 13.7 Å². The molecule has 14 heavy (non-hydrogen) atoms. The first-order valence-electron chi connectivity index (χ1n) is 3.80. The van der Waals surface area contributed by atoms with E-state index in [1.54, 1.807) is 0 Å². The Bertz CT molecular complexity index is 519. The Kier molecular flexibility index (Phi) is 1.73. The largest absolute Gasteiger partial charge is 0.476 e. The Balaban J connectivity index is 2.79. The van der Waals surface area contributed by atoms with Crippen LogP contribution in [0, 0.1) is 5.82 Å². The Morgan fingerprint density at radius 3 is 2.71 bits per heavy atom. The van der Waals surface area contributed by atoms with Crippen molar-refractivity contribution in [1.82, 2.24) is 4.79 Å². The first kappa shape index (κ1) is 8.68. The molecule has 0 radical (unpaired) electrons. The van der Waals surface area contributed by atoms with Crippen LogP contribution >= 0.6 is 0 Å². The number of fused-ring (bicyclic) bond motifs is 1. The third-order valence-corrected chi connectivity index (χ3v) is 1.92. The normalized spacial score (nSPS) is 10.7. The van der Waals surface area contributed by atoms with E-state index in [2.05, 4.69) is 0 Å². The lowest BCUT2D eigenvalue weighted by atomic mass is 10.2. The van der Waals surface area contributed by atoms with Crippen molar-refractivity contribution in [2.24, 2.45) is 0 Å². The van der Waals surface area contributed by atoms with Crippen LogP contribution < -0.4 is 0 Å². The van der Waals surface area contributed by atoms with E-state index in [1.165, 1.54) is 6.07 Å². The number of halogens is 2. The zero-order valence-electron chi connectivity index (χ0n) is 6.87. The van der Waals surface area contributed by atoms with Crippen LogP contribution in [0.1, 0.15) is 10.5 Å². The molecular weight excluding hydrogens is 192 g/mol. The fourth-order valence-electron chi connectivity index (χ4n) is 1.30. The van der Waals surface area contributed by atoms with Crippen LogP contribution in [-0.2, 0) is 0 Å². The first-order valence-corrected chi connectivity index (χ1v) is 3.80. The molecular formula is C9H5F2NO2. The molecule has 2 rings (SSSR count). The molecule has 0 aliphatic rings. The second-order valence-electron chi connectivity index (χ2n) is 2.82. The van der Waals surface area contributed by atoms with Crippen LogP contribution in [0.15, 0.2) is 24.3 Å². The number of aromatic nitrogens is 1. The van der Waals surface area contributed by atoms with Crippen LogP contribution in [-0.4, -0.2) is 15.9 Å². The van der Waals surface area contributed by atoms with E-state index >= 15 is 0 Å². The maximum atomic E-state index is 13.2. The fourth-order valence-corrected chi connectivity index (χ4v) is 1.30. The van der Waals surface area contributed by atoms with E-state index in [1.807, 2.05) is 0 Å². The van der Waals surface area contributed by atoms with Crippen molar-refractivity contribution in [3.63, 3.8) is 0 Å². The zero-order valence-corrected chi connectivity index (χ0v) is 6.87. The number of carboxylic acids is 1. The van der Waals surface area contributed by atoms with Gasteiger partial charge >= 0.3 is 5.97 Å². The van der Waals surface area contributed by atoms with Gasteiger partial charge in [-0.25, -0.2) is 9.18 Å². The van der Waals surface area contributed by atoms with Crippen molar-refractivity contribution in [3.05, 3.63) is 35.8 Å². The molecule has 0 saturated heterocycles. The number of aromatic carboxylic acids is 1. The Hall–Kier alpha value is -1.91. The maximum absolute atomic E-state index is 13.2. The molecule has 1 aromatic heterocycles. The van der Waals surface area contributed by atoms with Gasteiger partial charge < -0.3 is 5.11 Å². The standard InChI is InChI=1S/C9H5F2NO2/c10-6-1-2-7-5(3-6)4-8(9(13)14)12(7)11/h1-4H,(H,13,14). The number of carbonyl (C=O) groups is 1. The van der Waals surface area contributed by atoms with Gasteiger partial charge in [-0.3, -0.25) is 0 Å². The Morgan fingerprint density at radius 1 is 1.36 bits per heavy atom. The van der Waals surface area contributed by atoms with Crippen LogP contribution in [0.3, 0.4) is 0 Å². The van der Waals surface area contributed by atoms with Crippen LogP contribution in [0.5, 0.6) is 0 Å². The van der Waals surface area contributed by atoms with Gasteiger partial charge in [-0.1, -0.05) is 4.48 Å². The highest BCUT2D eigenvalue weighted by atomic mass is 19.2. The third-order valence-electron chi connectivity index (χ3n) is 1.92. The molecule has 3 nitrogen and oxygen atoms in total. The molecule has 2 aromatic rings. The summed E-state index contributed by atoms with van der Waals surface area (Å²) < 4.78 is 25.9. The predicted molar refractivity (Wildman–Crippen MR) is 45.4 cm³/mol. The van der Waals surface area contributed by atoms with Gasteiger partial charge in [-0.2, -0.15) is 4.79 Å². The lowest BCUT2D eigenvalue weighted by molar-refractivity contribution is 0.0674. The van der Waals surface area contributed by atoms with Gasteiger partial charge in [0.05, 0.1) is 5.52 Å². The molecule has 0 spiro atoms. The lowest BCUT2D eigenvalue weighted by Crippen LogP contribution is -2.00. The molecule has 0 aliphatic carbocycles. The SMILES string of the molecule is O=C(O)c1cc2cc(F)ccc2n1F. The van der Waals surface area contributed by atoms with E-state index < -0.39 is 17.5 Å². The summed E-state index contributed by atoms with van der Waals surface area (Å²) in [5, 5.41) is 8.81. The van der Waals surface area contributed by atoms with Gasteiger partial charge in [0.15, 0.2) is 5.69 Å². The van der Waals surface area contributed by atoms with Gasteiger partial charge in [0, 0.05) is 5.39 Å². The topological polar surface area (TPSA) is 42.2 Å². The first-order chi connectivity index (χ1) is 6.59. The highest BCUT2D eigenvalue weighted by Gasteiger charge is 2.14. The molecule has 72 valence electrons. The molecule has 5 heteroatoms. The van der Waals surface area contributed by atoms with E-state index in [0.717, 1.165) is 18.2 Å². The van der Waals surface area contributed by atoms with Crippen molar-refractivity contribution in [1.29, 1.82) is 0 Å². The van der Waals surface area contributed by atoms with Gasteiger partial charge in [0.1, 0.15) is 5.82 Å². The van der Waals surface area contributed by atoms with E-state index in [0.29, 0.717) is 0 Å². The third kappa shape index (κ3) is 1.14. The summed E-state index contributed by atoms with van der Waals surface area (Å²) in [6.07, 6.45) is 0. The molecule has 1 heterocycles. The number of benzene rings is 1. The summed E-state index contributed by atoms with van der Waals surface area (Å²) in [5.74, 6) is -1.91. The Labute approximate surface area is 77.1 Å². The monoisotopic (exact) mass is 197 g/mol. The molecule has 0 amide bonds. The van der Waals surface area contributed by atoms with Crippen LogP contribution in [0.4, 0.5) is 8.87 Å². The van der Waals surface area contributed by atoms with E-state index in [-0.39, 0.29) is 15.7 Å². The number of hydrogen-bond donors (Lipinski definition) is 1. The van der Waals surface area contributed by atoms with Crippen molar-refractivity contribution in [3.8, 4) is 0 Å². The number of nitrogens with zero attached hydrogens (tertiary/aromatic N) is 1. The summed E-state index contributed by atoms with van der Waals surface area (Å²) in [4.78, 5) is 10.5. The minimum Gasteiger partial charge on any atom is -0.476 e. The highest BCUT2D eigenvalue weighted by Crippen LogP contribution is 2.20. The minimum atomic E-state index is -1.39. The maximum Gasteiger partial charge on any atom is 0.355 e. The van der Waals surface area contributed by atoms with Crippen LogP contribution in [0.2, 0.25) is 0 Å². The molecule has 0 saturated carbocycles. The molecule has 0 bridgehead atoms. The van der Waals surface area contributed by atoms with Crippen molar-refractivity contribution in [2.75, 3.05) is 0 Å². The van der Waals surface area contributed by atoms with Crippen molar-refractivity contribution >= 4 is 16.9 Å². The minimum absolute atomic E-state index is 0.0249. The second-order valence-corrected chi connectivity index (χ2v) is 2.82. The zero-order chi connectivity index (χ0) is 10.3. The fraction of sp³-hybridized carbons (Fsp3) is 0. The van der Waals surface area contributed by atoms with Crippen molar-refractivity contribution in [2.45, 2.75) is 0 Å². The number of rotatable bonds is 1. The summed E-state index contributed by atoms with van der Waals surface area (Å²) >= 11 is 0. The predicted octanol–water partition coefficient (Wildman–Crippen LogP) is 2.21. The highest BCUT2D eigenvalue weighted by molar-refractivity contribution is 5.94. The molecule has 1 N–H and O–H groups in total. The van der Waals surface area contributed by atoms with Gasteiger partial charge in [-0.15, -0.1) is 0 Å². The number of hydrogen-bond acceptors (Lipinski definition) is 1. The smallest absolute Gasteiger partial charge is 0.355 e. The Morgan fingerprint density at radius 2 is 2.07 bits per heavy atom.